The van der Waals surface area contributed by atoms with Crippen molar-refractivity contribution in [3.05, 3.63) is 60.7 Å². The van der Waals surface area contributed by atoms with Crippen LogP contribution in [-0.4, -0.2) is 20.0 Å². The van der Waals surface area contributed by atoms with Gasteiger partial charge in [-0.2, -0.15) is 0 Å². The molecule has 4 N–H and O–H groups in total. The highest BCUT2D eigenvalue weighted by Crippen LogP contribution is 2.17. The summed E-state index contributed by atoms with van der Waals surface area (Å²) >= 11 is 0. The molecule has 104 valence electrons. The Hall–Kier alpha value is -1.22. The van der Waals surface area contributed by atoms with E-state index in [2.05, 4.69) is 4.31 Å². The molecule has 2 rings (SSSR count). The fourth-order valence-electron chi connectivity index (χ4n) is 0.876. The summed E-state index contributed by atoms with van der Waals surface area (Å²) in [4.78, 5) is 15.4. The first-order chi connectivity index (χ1) is 9.20. The van der Waals surface area contributed by atoms with Crippen molar-refractivity contribution < 1.29 is 24.3 Å². The van der Waals surface area contributed by atoms with Gasteiger partial charge in [-0.1, -0.05) is 36.4 Å². The summed E-state index contributed by atoms with van der Waals surface area (Å²) < 4.78 is 4.00. The van der Waals surface area contributed by atoms with Crippen LogP contribution in [0.15, 0.2) is 60.7 Å². The van der Waals surface area contributed by atoms with Crippen LogP contribution in [0.2, 0.25) is 0 Å². The Morgan fingerprint density at radius 1 is 0.632 bits per heavy atom. The minimum Gasteiger partial charge on any atom is -0.508 e. The molecule has 0 radical (unpaired) electrons. The predicted molar refractivity (Wildman–Crippen MR) is 78.4 cm³/mol. The topological polar surface area (TPSA) is 90.2 Å². The normalized spacial score (nSPS) is 9.79. The maximum Gasteiger partial charge on any atom is 0.158 e. The molecule has 0 aliphatic carbocycles. The summed E-state index contributed by atoms with van der Waals surface area (Å²) in [5, 5.41) is 17.3. The molecular weight excluding hydrogens is 286 g/mol. The fourth-order valence-corrected chi connectivity index (χ4v) is 1.04. The van der Waals surface area contributed by atoms with E-state index in [1.807, 2.05) is 12.1 Å². The Kier molecular flexibility index (Phi) is 12.4. The molecule has 5 nitrogen and oxygen atoms in total. The molecule has 2 aromatic carbocycles. The first-order valence-electron chi connectivity index (χ1n) is 5.12. The van der Waals surface area contributed by atoms with E-state index in [9.17, 15) is 0 Å². The zero-order chi connectivity index (χ0) is 14.3. The van der Waals surface area contributed by atoms with Crippen molar-refractivity contribution in [3.63, 3.8) is 0 Å². The smallest absolute Gasteiger partial charge is 0.158 e. The molecule has 7 heteroatoms. The average molecular weight is 302 g/mol. The zero-order valence-corrected chi connectivity index (χ0v) is 12.0. The van der Waals surface area contributed by atoms with E-state index in [-0.39, 0.29) is 0 Å². The molecule has 0 aliphatic rings. The van der Waals surface area contributed by atoms with E-state index in [4.69, 9.17) is 20.0 Å². The van der Waals surface area contributed by atoms with Gasteiger partial charge in [-0.15, -0.1) is 0 Å². The summed E-state index contributed by atoms with van der Waals surface area (Å²) in [5.74, 6) is 0.644. The van der Waals surface area contributed by atoms with Crippen molar-refractivity contribution in [1.29, 1.82) is 0 Å². The molecule has 2 unspecified atom stereocenters. The maximum atomic E-state index is 8.63. The second-order valence-electron chi connectivity index (χ2n) is 2.96. The van der Waals surface area contributed by atoms with Gasteiger partial charge in [0.2, 0.25) is 0 Å². The van der Waals surface area contributed by atoms with Crippen molar-refractivity contribution in [1.82, 2.24) is 0 Å². The van der Waals surface area contributed by atoms with Crippen LogP contribution in [0.3, 0.4) is 0 Å². The lowest BCUT2D eigenvalue weighted by Gasteiger charge is -1.82. The molecule has 0 spiro atoms. The molecule has 0 aromatic heterocycles. The second-order valence-corrected chi connectivity index (χ2v) is 4.14. The second kappa shape index (κ2) is 13.2. The Morgan fingerprint density at radius 3 is 1.05 bits per heavy atom. The van der Waals surface area contributed by atoms with Gasteiger partial charge < -0.3 is 20.0 Å². The number of rotatable bonds is 2. The SMILES string of the molecule is OPOPO.Oc1ccccc1.Oc1ccccc1. The van der Waals surface area contributed by atoms with Crippen LogP contribution >= 0.6 is 18.1 Å². The van der Waals surface area contributed by atoms with Crippen LogP contribution in [0.25, 0.3) is 0 Å². The largest absolute Gasteiger partial charge is 0.508 e. The molecule has 0 heterocycles. The first-order valence-corrected chi connectivity index (χ1v) is 6.83. The Labute approximate surface area is 115 Å². The number of phenolic OH excluding ortho intramolecular Hbond substituents is 2. The summed E-state index contributed by atoms with van der Waals surface area (Å²) in [6.07, 6.45) is 0. The van der Waals surface area contributed by atoms with Gasteiger partial charge in [0.1, 0.15) is 11.5 Å². The van der Waals surface area contributed by atoms with Gasteiger partial charge in [-0.25, -0.2) is 0 Å². The highest BCUT2D eigenvalue weighted by Gasteiger charge is 1.75. The third kappa shape index (κ3) is 13.0. The van der Waals surface area contributed by atoms with Crippen molar-refractivity contribution in [2.24, 2.45) is 0 Å². The van der Waals surface area contributed by atoms with Crippen molar-refractivity contribution in [2.45, 2.75) is 0 Å². The quantitative estimate of drug-likeness (QED) is 0.640. The standard InChI is InChI=1S/2C6H6O.H4O3P2/c2*7-6-4-2-1-3-5-6;1-4-3-5-2/h2*1-5,7H;1-2,4-5H. The number of aromatic hydroxyl groups is 2. The molecule has 0 amide bonds. The van der Waals surface area contributed by atoms with Crippen LogP contribution < -0.4 is 0 Å². The van der Waals surface area contributed by atoms with Crippen LogP contribution in [-0.2, 0) is 4.31 Å². The molecule has 0 fully saturated rings. The number of para-hydroxylation sites is 2. The minimum atomic E-state index is -0.580. The predicted octanol–water partition coefficient (Wildman–Crippen LogP) is 2.79. The van der Waals surface area contributed by atoms with Crippen molar-refractivity contribution in [2.75, 3.05) is 0 Å². The lowest BCUT2D eigenvalue weighted by atomic mass is 10.3. The lowest BCUT2D eigenvalue weighted by molar-refractivity contribution is 0.475. The first kappa shape index (κ1) is 17.8. The monoisotopic (exact) mass is 302 g/mol. The number of benzene rings is 2. The maximum absolute atomic E-state index is 8.63. The van der Waals surface area contributed by atoms with Crippen molar-refractivity contribution in [3.8, 4) is 11.5 Å². The molecule has 0 aliphatic heterocycles. The third-order valence-electron chi connectivity index (χ3n) is 1.60. The van der Waals surface area contributed by atoms with E-state index < -0.39 is 18.1 Å². The van der Waals surface area contributed by atoms with Gasteiger partial charge in [0.15, 0.2) is 18.1 Å². The molecule has 2 aromatic rings. The summed E-state index contributed by atoms with van der Waals surface area (Å²) in [5.41, 5.74) is 0. The minimum absolute atomic E-state index is 0.322. The van der Waals surface area contributed by atoms with Gasteiger partial charge in [0.25, 0.3) is 0 Å². The number of hydrogen-bond donors (Lipinski definition) is 4. The van der Waals surface area contributed by atoms with Gasteiger partial charge in [0, 0.05) is 0 Å². The van der Waals surface area contributed by atoms with Gasteiger partial charge in [-0.3, -0.25) is 4.31 Å². The highest BCUT2D eigenvalue weighted by atomic mass is 31.2. The van der Waals surface area contributed by atoms with E-state index in [0.29, 0.717) is 11.5 Å². The van der Waals surface area contributed by atoms with Crippen LogP contribution in [0.1, 0.15) is 0 Å². The summed E-state index contributed by atoms with van der Waals surface area (Å²) in [6.45, 7) is 0. The van der Waals surface area contributed by atoms with Gasteiger partial charge in [-0.05, 0) is 24.3 Å². The molecule has 0 saturated heterocycles. The Morgan fingerprint density at radius 2 is 0.947 bits per heavy atom. The molecule has 0 bridgehead atoms. The Balaban J connectivity index is 0.000000261. The highest BCUT2D eigenvalue weighted by molar-refractivity contribution is 7.39. The third-order valence-corrected chi connectivity index (χ3v) is 2.33. The van der Waals surface area contributed by atoms with Crippen LogP contribution in [0.4, 0.5) is 0 Å². The molecule has 0 saturated carbocycles. The van der Waals surface area contributed by atoms with E-state index in [0.717, 1.165) is 0 Å². The lowest BCUT2D eigenvalue weighted by Crippen LogP contribution is -1.56. The fraction of sp³-hybridized carbons (Fsp3) is 0. The zero-order valence-electron chi connectivity index (χ0n) is 9.97. The molecular formula is C12H16O5P2. The number of hydrogen-bond acceptors (Lipinski definition) is 5. The van der Waals surface area contributed by atoms with Crippen LogP contribution in [0, 0.1) is 0 Å². The number of phenols is 2. The molecule has 19 heavy (non-hydrogen) atoms. The van der Waals surface area contributed by atoms with Crippen LogP contribution in [0.5, 0.6) is 11.5 Å². The average Bonchev–Trinajstić information content (AvgIpc) is 2.43. The summed E-state index contributed by atoms with van der Waals surface area (Å²) in [6, 6.07) is 17.4. The molecule has 2 atom stereocenters. The van der Waals surface area contributed by atoms with E-state index >= 15 is 0 Å². The van der Waals surface area contributed by atoms with E-state index in [1.54, 1.807) is 48.5 Å². The summed E-state index contributed by atoms with van der Waals surface area (Å²) in [7, 11) is -1.16. The van der Waals surface area contributed by atoms with Gasteiger partial charge >= 0.3 is 0 Å². The Bertz CT molecular complexity index is 360. The van der Waals surface area contributed by atoms with E-state index in [1.165, 1.54) is 0 Å². The van der Waals surface area contributed by atoms with Gasteiger partial charge in [0.05, 0.1) is 0 Å². The van der Waals surface area contributed by atoms with Crippen molar-refractivity contribution >= 4 is 18.1 Å².